The summed E-state index contributed by atoms with van der Waals surface area (Å²) < 4.78 is 5.44. The molecule has 0 spiro atoms. The summed E-state index contributed by atoms with van der Waals surface area (Å²) in [4.78, 5) is 28.7. The molecule has 4 rings (SSSR count). The lowest BCUT2D eigenvalue weighted by molar-refractivity contribution is -0.154. The molecular weight excluding hydrogens is 484 g/mol. The number of carbonyl (C=O) groups is 2. The van der Waals surface area contributed by atoms with Gasteiger partial charge in [0.15, 0.2) is 0 Å². The second kappa shape index (κ2) is 11.2. The van der Waals surface area contributed by atoms with E-state index in [-0.39, 0.29) is 24.3 Å². The fourth-order valence-corrected chi connectivity index (χ4v) is 4.67. The van der Waals surface area contributed by atoms with Crippen molar-refractivity contribution in [2.75, 3.05) is 0 Å². The second-order valence-corrected chi connectivity index (χ2v) is 10.8. The predicted molar refractivity (Wildman–Crippen MR) is 149 cm³/mol. The lowest BCUT2D eigenvalue weighted by atomic mass is 9.96. The van der Waals surface area contributed by atoms with Gasteiger partial charge in [0.25, 0.3) is 0 Å². The molecule has 0 aliphatic rings. The number of aromatic amines is 1. The third-order valence-corrected chi connectivity index (χ3v) is 6.46. The van der Waals surface area contributed by atoms with Crippen molar-refractivity contribution >= 4 is 34.4 Å². The highest BCUT2D eigenvalue weighted by molar-refractivity contribution is 6.31. The number of nitrogens with one attached hydrogen (secondary N) is 2. The molecule has 0 bridgehead atoms. The van der Waals surface area contributed by atoms with Gasteiger partial charge in [0.05, 0.1) is 12.5 Å². The van der Waals surface area contributed by atoms with E-state index in [1.54, 1.807) is 0 Å². The lowest BCUT2D eigenvalue weighted by Gasteiger charge is -2.21. The van der Waals surface area contributed by atoms with Crippen molar-refractivity contribution in [3.05, 3.63) is 106 Å². The minimum Gasteiger partial charge on any atom is -0.460 e. The molecule has 1 unspecified atom stereocenters. The summed E-state index contributed by atoms with van der Waals surface area (Å²) in [6.07, 6.45) is 3.00. The van der Waals surface area contributed by atoms with Crippen molar-refractivity contribution in [3.8, 4) is 0 Å². The highest BCUT2D eigenvalue weighted by atomic mass is 35.5. The number of amides is 1. The van der Waals surface area contributed by atoms with Crippen LogP contribution in [0.25, 0.3) is 10.9 Å². The number of aromatic nitrogens is 1. The number of benzene rings is 3. The molecule has 6 heteroatoms. The van der Waals surface area contributed by atoms with Gasteiger partial charge in [-0.15, -0.1) is 0 Å². The van der Waals surface area contributed by atoms with Crippen LogP contribution in [0.4, 0.5) is 0 Å². The van der Waals surface area contributed by atoms with E-state index in [1.165, 1.54) is 0 Å². The average molecular weight is 517 g/mol. The SMILES string of the molecule is Cc1ccc(Cl)c(C(NC(=O)Cc2ccc3[nH]cc(CCC(=O)OC(C)(C)C)c3c2)c2ccccc2)c1. The molecule has 1 amide bonds. The number of carbonyl (C=O) groups excluding carboxylic acids is 2. The molecule has 1 atom stereocenters. The van der Waals surface area contributed by atoms with Crippen molar-refractivity contribution in [1.82, 2.24) is 10.3 Å². The maximum absolute atomic E-state index is 13.2. The summed E-state index contributed by atoms with van der Waals surface area (Å²) in [5, 5.41) is 4.82. The first-order valence-corrected chi connectivity index (χ1v) is 12.9. The third kappa shape index (κ3) is 7.01. The van der Waals surface area contributed by atoms with Crippen molar-refractivity contribution < 1.29 is 14.3 Å². The Labute approximate surface area is 223 Å². The van der Waals surface area contributed by atoms with Crippen LogP contribution in [0, 0.1) is 6.92 Å². The van der Waals surface area contributed by atoms with E-state index < -0.39 is 5.60 Å². The molecule has 0 fully saturated rings. The van der Waals surface area contributed by atoms with E-state index in [0.29, 0.717) is 17.9 Å². The first-order chi connectivity index (χ1) is 17.6. The molecule has 4 aromatic rings. The normalized spacial score (nSPS) is 12.4. The minimum absolute atomic E-state index is 0.100. The van der Waals surface area contributed by atoms with Crippen molar-refractivity contribution in [3.63, 3.8) is 0 Å². The molecule has 1 heterocycles. The summed E-state index contributed by atoms with van der Waals surface area (Å²) in [6.45, 7) is 7.60. The first-order valence-electron chi connectivity index (χ1n) is 12.5. The summed E-state index contributed by atoms with van der Waals surface area (Å²) >= 11 is 6.55. The van der Waals surface area contributed by atoms with Crippen LogP contribution in [-0.2, 0) is 27.2 Å². The fraction of sp³-hybridized carbons (Fsp3) is 0.290. The number of esters is 1. The molecule has 0 aliphatic carbocycles. The zero-order valence-corrected chi connectivity index (χ0v) is 22.5. The topological polar surface area (TPSA) is 71.2 Å². The van der Waals surface area contributed by atoms with Crippen LogP contribution in [0.3, 0.4) is 0 Å². The zero-order valence-electron chi connectivity index (χ0n) is 21.7. The van der Waals surface area contributed by atoms with Gasteiger partial charge in [-0.05, 0) is 74.6 Å². The van der Waals surface area contributed by atoms with Gasteiger partial charge in [-0.25, -0.2) is 0 Å². The van der Waals surface area contributed by atoms with Crippen molar-refractivity contribution in [2.24, 2.45) is 0 Å². The van der Waals surface area contributed by atoms with E-state index >= 15 is 0 Å². The molecule has 192 valence electrons. The Bertz CT molecular complexity index is 1400. The van der Waals surface area contributed by atoms with Gasteiger partial charge >= 0.3 is 5.97 Å². The summed E-state index contributed by atoms with van der Waals surface area (Å²) in [5.41, 5.74) is 5.30. The Morgan fingerprint density at radius 2 is 1.78 bits per heavy atom. The Hall–Kier alpha value is -3.57. The van der Waals surface area contributed by atoms with Crippen LogP contribution in [0.2, 0.25) is 5.02 Å². The lowest BCUT2D eigenvalue weighted by Crippen LogP contribution is -2.30. The van der Waals surface area contributed by atoms with E-state index in [4.69, 9.17) is 16.3 Å². The van der Waals surface area contributed by atoms with E-state index in [0.717, 1.165) is 38.7 Å². The number of fused-ring (bicyclic) bond motifs is 1. The maximum Gasteiger partial charge on any atom is 0.306 e. The Morgan fingerprint density at radius 3 is 2.51 bits per heavy atom. The van der Waals surface area contributed by atoms with Gasteiger partial charge in [-0.3, -0.25) is 9.59 Å². The number of hydrogen-bond acceptors (Lipinski definition) is 3. The molecule has 3 aromatic carbocycles. The van der Waals surface area contributed by atoms with Crippen LogP contribution in [0.15, 0.2) is 72.9 Å². The van der Waals surface area contributed by atoms with Gasteiger partial charge in [-0.1, -0.05) is 65.7 Å². The van der Waals surface area contributed by atoms with Crippen LogP contribution >= 0.6 is 11.6 Å². The van der Waals surface area contributed by atoms with Crippen LogP contribution in [0.5, 0.6) is 0 Å². The number of aryl methyl sites for hydroxylation is 2. The molecule has 0 saturated carbocycles. The number of hydrogen-bond donors (Lipinski definition) is 2. The summed E-state index contributed by atoms with van der Waals surface area (Å²) in [7, 11) is 0. The van der Waals surface area contributed by atoms with E-state index in [9.17, 15) is 9.59 Å². The zero-order chi connectivity index (χ0) is 26.6. The van der Waals surface area contributed by atoms with Gasteiger partial charge in [0, 0.05) is 28.5 Å². The Kier molecular flexibility index (Phi) is 8.03. The van der Waals surface area contributed by atoms with Crippen molar-refractivity contribution in [2.45, 2.75) is 58.6 Å². The minimum atomic E-state index is -0.502. The summed E-state index contributed by atoms with van der Waals surface area (Å²) in [6, 6.07) is 21.3. The van der Waals surface area contributed by atoms with Crippen LogP contribution in [0.1, 0.15) is 61.1 Å². The quantitative estimate of drug-likeness (QED) is 0.251. The monoisotopic (exact) mass is 516 g/mol. The predicted octanol–water partition coefficient (Wildman–Crippen LogP) is 6.85. The number of H-pyrrole nitrogens is 1. The van der Waals surface area contributed by atoms with Gasteiger partial charge < -0.3 is 15.0 Å². The Balaban J connectivity index is 1.51. The molecule has 5 nitrogen and oxygen atoms in total. The van der Waals surface area contributed by atoms with Gasteiger partial charge in [0.1, 0.15) is 5.60 Å². The molecule has 1 aromatic heterocycles. The van der Waals surface area contributed by atoms with E-state index in [2.05, 4.69) is 10.3 Å². The Morgan fingerprint density at radius 1 is 1.03 bits per heavy atom. The highest BCUT2D eigenvalue weighted by Gasteiger charge is 2.20. The average Bonchev–Trinajstić information content (AvgIpc) is 3.24. The number of rotatable bonds is 8. The second-order valence-electron chi connectivity index (χ2n) is 10.4. The molecule has 0 saturated heterocycles. The third-order valence-electron chi connectivity index (χ3n) is 6.12. The van der Waals surface area contributed by atoms with E-state index in [1.807, 2.05) is 101 Å². The van der Waals surface area contributed by atoms with Gasteiger partial charge in [0.2, 0.25) is 5.91 Å². The summed E-state index contributed by atoms with van der Waals surface area (Å²) in [5.74, 6) is -0.323. The molecule has 0 aliphatic heterocycles. The molecule has 2 N–H and O–H groups in total. The fourth-order valence-electron chi connectivity index (χ4n) is 4.44. The van der Waals surface area contributed by atoms with Gasteiger partial charge in [-0.2, -0.15) is 0 Å². The first kappa shape index (κ1) is 26.5. The maximum atomic E-state index is 13.2. The highest BCUT2D eigenvalue weighted by Crippen LogP contribution is 2.30. The van der Waals surface area contributed by atoms with Crippen molar-refractivity contribution in [1.29, 1.82) is 0 Å². The smallest absolute Gasteiger partial charge is 0.306 e. The molecular formula is C31H33ClN2O3. The number of ether oxygens (including phenoxy) is 1. The van der Waals surface area contributed by atoms with Crippen LogP contribution < -0.4 is 5.32 Å². The van der Waals surface area contributed by atoms with Crippen LogP contribution in [-0.4, -0.2) is 22.5 Å². The molecule has 37 heavy (non-hydrogen) atoms. The standard InChI is InChI=1S/C31H33ClN2O3/c1-20-10-13-26(32)25(16-20)30(22-8-6-5-7-9-22)34-28(35)18-21-11-14-27-24(17-21)23(19-33-27)12-15-29(36)37-31(2,3)4/h5-11,13-14,16-17,19,30,33H,12,15,18H2,1-4H3,(H,34,35). The molecule has 0 radical (unpaired) electrons. The largest absolute Gasteiger partial charge is 0.460 e. The number of halogens is 1.